The maximum Gasteiger partial charge on any atom is 0.325 e. The van der Waals surface area contributed by atoms with E-state index in [-0.39, 0.29) is 13.0 Å². The third kappa shape index (κ3) is 3.54. The number of carbonyl (C=O) groups excluding carboxylic acids is 3. The predicted molar refractivity (Wildman–Crippen MR) is 129 cm³/mol. The molecular weight excluding hydrogens is 484 g/mol. The Kier molecular flexibility index (Phi) is 5.30. The van der Waals surface area contributed by atoms with Crippen LogP contribution in [-0.4, -0.2) is 46.6 Å². The number of urea groups is 1. The van der Waals surface area contributed by atoms with Gasteiger partial charge in [0.1, 0.15) is 24.1 Å². The second kappa shape index (κ2) is 8.53. The first-order valence-corrected chi connectivity index (χ1v) is 11.9. The quantitative estimate of drug-likeness (QED) is 0.544. The molecule has 9 nitrogen and oxygen atoms in total. The van der Waals surface area contributed by atoms with Crippen molar-refractivity contribution in [3.63, 3.8) is 0 Å². The average molecular weight is 505 g/mol. The smallest absolute Gasteiger partial charge is 0.325 e. The molecule has 10 heteroatoms. The Morgan fingerprint density at radius 1 is 1.11 bits per heavy atom. The lowest BCUT2D eigenvalue weighted by Crippen LogP contribution is -2.48. The zero-order valence-electron chi connectivity index (χ0n) is 19.0. The second-order valence-corrected chi connectivity index (χ2v) is 9.29. The van der Waals surface area contributed by atoms with Gasteiger partial charge in [-0.2, -0.15) is 5.10 Å². The molecule has 0 radical (unpaired) electrons. The van der Waals surface area contributed by atoms with E-state index in [0.29, 0.717) is 34.2 Å². The van der Waals surface area contributed by atoms with Crippen molar-refractivity contribution in [3.8, 4) is 5.75 Å². The fourth-order valence-electron chi connectivity index (χ4n) is 4.98. The molecule has 1 aromatic heterocycles. The molecule has 1 fully saturated rings. The zero-order chi connectivity index (χ0) is 24.9. The van der Waals surface area contributed by atoms with Crippen LogP contribution in [0, 0.1) is 0 Å². The average Bonchev–Trinajstić information content (AvgIpc) is 3.61. The minimum absolute atomic E-state index is 0.270. The zero-order valence-corrected chi connectivity index (χ0v) is 19.8. The number of halogens is 1. The Bertz CT molecular complexity index is 1390. The van der Waals surface area contributed by atoms with E-state index in [1.54, 1.807) is 48.5 Å². The Morgan fingerprint density at radius 3 is 2.69 bits per heavy atom. The Hall–Kier alpha value is -4.11. The van der Waals surface area contributed by atoms with Crippen molar-refractivity contribution in [1.82, 2.24) is 15.2 Å². The lowest BCUT2D eigenvalue weighted by Gasteiger charge is -2.33. The number of para-hydroxylation sites is 1. The Morgan fingerprint density at radius 2 is 1.92 bits per heavy atom. The molecule has 1 N–H and O–H groups in total. The van der Waals surface area contributed by atoms with E-state index >= 15 is 0 Å². The summed E-state index contributed by atoms with van der Waals surface area (Å²) in [6.45, 7) is -0.184. The number of rotatable bonds is 4. The first-order chi connectivity index (χ1) is 17.5. The SMILES string of the molecule is O=C1N[C@@]2(CCOc3ccccc32)C(=O)N1CC(=O)N1N=C(c2ccc(Cl)cc2)C[C@H]1c1ccco1. The van der Waals surface area contributed by atoms with Gasteiger partial charge in [0, 0.05) is 23.4 Å². The van der Waals surface area contributed by atoms with Crippen molar-refractivity contribution in [2.24, 2.45) is 5.10 Å². The number of fused-ring (bicyclic) bond motifs is 2. The van der Waals surface area contributed by atoms with Gasteiger partial charge in [0.25, 0.3) is 11.8 Å². The highest BCUT2D eigenvalue weighted by Crippen LogP contribution is 2.41. The van der Waals surface area contributed by atoms with Crippen LogP contribution in [0.4, 0.5) is 4.79 Å². The molecule has 6 rings (SSSR count). The Balaban J connectivity index is 1.29. The maximum atomic E-state index is 13.6. The summed E-state index contributed by atoms with van der Waals surface area (Å²) in [6, 6.07) is 16.7. The fourth-order valence-corrected chi connectivity index (χ4v) is 5.11. The second-order valence-electron chi connectivity index (χ2n) is 8.85. The summed E-state index contributed by atoms with van der Waals surface area (Å²) >= 11 is 6.02. The monoisotopic (exact) mass is 504 g/mol. The minimum Gasteiger partial charge on any atom is -0.493 e. The van der Waals surface area contributed by atoms with Gasteiger partial charge in [-0.1, -0.05) is 41.9 Å². The molecule has 0 aliphatic carbocycles. The van der Waals surface area contributed by atoms with Gasteiger partial charge >= 0.3 is 6.03 Å². The highest BCUT2D eigenvalue weighted by atomic mass is 35.5. The van der Waals surface area contributed by atoms with Gasteiger partial charge in [-0.15, -0.1) is 0 Å². The molecule has 182 valence electrons. The summed E-state index contributed by atoms with van der Waals surface area (Å²) in [5, 5.41) is 9.28. The van der Waals surface area contributed by atoms with E-state index in [1.807, 2.05) is 12.1 Å². The number of amides is 4. The molecule has 4 heterocycles. The van der Waals surface area contributed by atoms with Crippen molar-refractivity contribution in [3.05, 3.63) is 88.8 Å². The standard InChI is InChI=1S/C26H21ClN4O5/c27-17-9-7-16(8-10-17)19-14-20(22-6-3-12-35-22)31(29-19)23(32)15-30-24(33)26(28-25(30)34)11-13-36-21-5-2-1-4-18(21)26/h1-10,12,20H,11,13-15H2,(H,28,34)/t20-,26+/m0/s1. The van der Waals surface area contributed by atoms with E-state index in [1.165, 1.54) is 11.3 Å². The van der Waals surface area contributed by atoms with Crippen LogP contribution < -0.4 is 10.1 Å². The molecule has 4 amide bonds. The van der Waals surface area contributed by atoms with Gasteiger partial charge in [-0.3, -0.25) is 14.5 Å². The van der Waals surface area contributed by atoms with E-state index in [0.717, 1.165) is 10.5 Å². The predicted octanol–water partition coefficient (Wildman–Crippen LogP) is 3.84. The number of hydrogen-bond donors (Lipinski definition) is 1. The van der Waals surface area contributed by atoms with Crippen LogP contribution in [0.5, 0.6) is 5.75 Å². The van der Waals surface area contributed by atoms with Crippen molar-refractivity contribution in [2.75, 3.05) is 13.2 Å². The molecule has 0 unspecified atom stereocenters. The summed E-state index contributed by atoms with van der Waals surface area (Å²) in [6.07, 6.45) is 2.22. The number of nitrogens with one attached hydrogen (secondary N) is 1. The van der Waals surface area contributed by atoms with Gasteiger partial charge in [0.05, 0.1) is 18.6 Å². The highest BCUT2D eigenvalue weighted by Gasteiger charge is 2.55. The number of hydrazone groups is 1. The van der Waals surface area contributed by atoms with Crippen LogP contribution in [-0.2, 0) is 15.1 Å². The largest absolute Gasteiger partial charge is 0.493 e. The molecule has 3 aliphatic rings. The molecule has 36 heavy (non-hydrogen) atoms. The Labute approximate surface area is 211 Å². The van der Waals surface area contributed by atoms with Crippen LogP contribution in [0.1, 0.15) is 35.8 Å². The van der Waals surface area contributed by atoms with E-state index in [2.05, 4.69) is 10.4 Å². The van der Waals surface area contributed by atoms with Gasteiger partial charge in [-0.25, -0.2) is 9.80 Å². The number of ether oxygens (including phenoxy) is 1. The fraction of sp³-hybridized carbons (Fsp3) is 0.231. The summed E-state index contributed by atoms with van der Waals surface area (Å²) in [7, 11) is 0. The van der Waals surface area contributed by atoms with Crippen LogP contribution in [0.25, 0.3) is 0 Å². The third-order valence-corrected chi connectivity index (χ3v) is 7.02. The molecule has 3 aromatic rings. The number of imide groups is 1. The number of hydrogen-bond acceptors (Lipinski definition) is 6. The number of carbonyl (C=O) groups is 3. The topological polar surface area (TPSA) is 104 Å². The van der Waals surface area contributed by atoms with E-state index in [9.17, 15) is 14.4 Å². The van der Waals surface area contributed by atoms with Crippen LogP contribution in [0.3, 0.4) is 0 Å². The van der Waals surface area contributed by atoms with Crippen molar-refractivity contribution in [2.45, 2.75) is 24.4 Å². The number of furan rings is 1. The van der Waals surface area contributed by atoms with Crippen LogP contribution in [0.15, 0.2) is 76.4 Å². The highest BCUT2D eigenvalue weighted by molar-refractivity contribution is 6.30. The van der Waals surface area contributed by atoms with Crippen molar-refractivity contribution >= 4 is 35.2 Å². The molecule has 0 saturated carbocycles. The number of benzene rings is 2. The van der Waals surface area contributed by atoms with Gasteiger partial charge in [-0.05, 0) is 35.9 Å². The van der Waals surface area contributed by atoms with Gasteiger partial charge in [0.2, 0.25) is 0 Å². The molecule has 0 bridgehead atoms. The first kappa shape index (κ1) is 22.4. The molecule has 2 atom stereocenters. The van der Waals surface area contributed by atoms with Crippen LogP contribution >= 0.6 is 11.6 Å². The lowest BCUT2D eigenvalue weighted by atomic mass is 9.84. The van der Waals surface area contributed by atoms with E-state index < -0.39 is 36.0 Å². The van der Waals surface area contributed by atoms with Gasteiger partial charge in [0.15, 0.2) is 5.54 Å². The molecule has 1 spiro atoms. The lowest BCUT2D eigenvalue weighted by molar-refractivity contribution is -0.140. The molecule has 1 saturated heterocycles. The van der Waals surface area contributed by atoms with Crippen molar-refractivity contribution in [1.29, 1.82) is 0 Å². The summed E-state index contributed by atoms with van der Waals surface area (Å²) in [5.41, 5.74) is 0.824. The van der Waals surface area contributed by atoms with Crippen LogP contribution in [0.2, 0.25) is 5.02 Å². The van der Waals surface area contributed by atoms with Gasteiger partial charge < -0.3 is 14.5 Å². The summed E-state index contributed by atoms with van der Waals surface area (Å²) in [5.74, 6) is 0.122. The third-order valence-electron chi connectivity index (χ3n) is 6.77. The summed E-state index contributed by atoms with van der Waals surface area (Å²) < 4.78 is 11.3. The molecular formula is C26H21ClN4O5. The first-order valence-electron chi connectivity index (χ1n) is 11.5. The number of nitrogens with zero attached hydrogens (tertiary/aromatic N) is 3. The summed E-state index contributed by atoms with van der Waals surface area (Å²) in [4.78, 5) is 41.0. The maximum absolute atomic E-state index is 13.6. The van der Waals surface area contributed by atoms with Crippen molar-refractivity contribution < 1.29 is 23.5 Å². The molecule has 2 aromatic carbocycles. The molecule has 3 aliphatic heterocycles. The minimum atomic E-state index is -1.25. The normalized spacial score (nSPS) is 22.9. The van der Waals surface area contributed by atoms with E-state index in [4.69, 9.17) is 20.8 Å².